The van der Waals surface area contributed by atoms with E-state index in [4.69, 9.17) is 0 Å². The van der Waals surface area contributed by atoms with Crippen LogP contribution in [-0.2, 0) is 5.41 Å². The average molecular weight is 431 g/mol. The number of hydrogen-bond donors (Lipinski definition) is 0. The molecule has 5 aliphatic rings. The zero-order valence-corrected chi connectivity index (χ0v) is 19.2. The summed E-state index contributed by atoms with van der Waals surface area (Å²) in [6, 6.07) is 16.8. The van der Waals surface area contributed by atoms with Crippen molar-refractivity contribution in [3.63, 3.8) is 0 Å². The van der Waals surface area contributed by atoms with Crippen LogP contribution in [0.25, 0.3) is 0 Å². The van der Waals surface area contributed by atoms with E-state index in [9.17, 15) is 0 Å². The van der Waals surface area contributed by atoms with Gasteiger partial charge in [-0.2, -0.15) is 0 Å². The van der Waals surface area contributed by atoms with Crippen LogP contribution in [-0.4, -0.2) is 12.1 Å². The molecule has 4 atom stereocenters. The number of nitrogens with zero attached hydrogens (tertiary/aromatic N) is 2. The normalized spacial score (nSPS) is 30.7. The summed E-state index contributed by atoms with van der Waals surface area (Å²) < 4.78 is 0. The molecule has 7 rings (SSSR count). The van der Waals surface area contributed by atoms with Crippen molar-refractivity contribution in [1.82, 2.24) is 0 Å². The lowest BCUT2D eigenvalue weighted by molar-refractivity contribution is 0.545. The van der Waals surface area contributed by atoms with Gasteiger partial charge in [0.15, 0.2) is 0 Å². The first kappa shape index (κ1) is 19.2. The predicted octanol–water partition coefficient (Wildman–Crippen LogP) is 7.45. The highest BCUT2D eigenvalue weighted by molar-refractivity contribution is 5.84. The second-order valence-electron chi connectivity index (χ2n) is 10.2. The van der Waals surface area contributed by atoms with Crippen molar-refractivity contribution in [2.45, 2.75) is 56.0 Å². The van der Waals surface area contributed by atoms with Gasteiger partial charge in [0, 0.05) is 40.1 Å². The van der Waals surface area contributed by atoms with Gasteiger partial charge in [-0.05, 0) is 68.0 Å². The van der Waals surface area contributed by atoms with Crippen LogP contribution in [0.4, 0.5) is 17.1 Å². The van der Waals surface area contributed by atoms with Crippen LogP contribution in [0.5, 0.6) is 0 Å². The minimum atomic E-state index is -0.0275. The maximum Gasteiger partial charge on any atom is 0.0655 e. The SMILES string of the molecule is CC12C=CC=CC1N(c1ccccc1)c1cc3c(cc12)C1C=CCCC1N3C1=CCCC=C1. The van der Waals surface area contributed by atoms with E-state index in [0.29, 0.717) is 18.0 Å². The van der Waals surface area contributed by atoms with Gasteiger partial charge in [-0.1, -0.05) is 72.9 Å². The standard InChI is InChI=1S/C31H30N2/c1-31-19-11-10-18-30(31)33(23-14-6-3-7-15-23)29-21-28-25(20-26(29)31)24-16-8-9-17-27(24)32(28)22-12-4-2-5-13-22/h3-4,6-8,10-16,18-21,24,27,30H,2,5,9,17H2,1H3. The van der Waals surface area contributed by atoms with Crippen molar-refractivity contribution >= 4 is 17.1 Å². The summed E-state index contributed by atoms with van der Waals surface area (Å²) in [7, 11) is 0. The predicted molar refractivity (Wildman–Crippen MR) is 138 cm³/mol. The molecular weight excluding hydrogens is 400 g/mol. The van der Waals surface area contributed by atoms with E-state index in [-0.39, 0.29) is 5.41 Å². The molecule has 2 heteroatoms. The number of fused-ring (bicyclic) bond motifs is 6. The second kappa shape index (κ2) is 7.12. The molecule has 2 aliphatic heterocycles. The molecule has 2 aromatic rings. The zero-order valence-electron chi connectivity index (χ0n) is 19.2. The molecule has 0 spiro atoms. The Labute approximate surface area is 196 Å². The van der Waals surface area contributed by atoms with Crippen molar-refractivity contribution in [1.29, 1.82) is 0 Å². The first-order chi connectivity index (χ1) is 16.3. The molecule has 3 aliphatic carbocycles. The van der Waals surface area contributed by atoms with Crippen molar-refractivity contribution in [2.24, 2.45) is 0 Å². The highest BCUT2D eigenvalue weighted by Crippen LogP contribution is 2.57. The van der Waals surface area contributed by atoms with Crippen LogP contribution in [0.3, 0.4) is 0 Å². The molecule has 2 heterocycles. The summed E-state index contributed by atoms with van der Waals surface area (Å²) in [4.78, 5) is 5.23. The van der Waals surface area contributed by atoms with Crippen molar-refractivity contribution in [3.05, 3.63) is 114 Å². The third-order valence-electron chi connectivity index (χ3n) is 8.35. The van der Waals surface area contributed by atoms with Crippen LogP contribution >= 0.6 is 0 Å². The van der Waals surface area contributed by atoms with Crippen LogP contribution in [0, 0.1) is 0 Å². The summed E-state index contributed by atoms with van der Waals surface area (Å²) in [6.45, 7) is 2.42. The lowest BCUT2D eigenvalue weighted by atomic mass is 9.75. The van der Waals surface area contributed by atoms with Gasteiger partial charge in [0.25, 0.3) is 0 Å². The Morgan fingerprint density at radius 3 is 2.64 bits per heavy atom. The molecule has 0 amide bonds. The number of benzene rings is 2. The molecule has 0 N–H and O–H groups in total. The Morgan fingerprint density at radius 2 is 1.79 bits per heavy atom. The largest absolute Gasteiger partial charge is 0.337 e. The summed E-state index contributed by atoms with van der Waals surface area (Å²) in [5.41, 5.74) is 8.36. The molecule has 33 heavy (non-hydrogen) atoms. The smallest absolute Gasteiger partial charge is 0.0655 e. The van der Waals surface area contributed by atoms with Crippen LogP contribution in [0.1, 0.15) is 49.7 Å². The Bertz CT molecular complexity index is 1260. The molecule has 2 nitrogen and oxygen atoms in total. The van der Waals surface area contributed by atoms with Crippen LogP contribution in [0.15, 0.2) is 103 Å². The molecule has 0 fully saturated rings. The van der Waals surface area contributed by atoms with E-state index < -0.39 is 0 Å². The van der Waals surface area contributed by atoms with E-state index in [1.54, 1.807) is 0 Å². The molecule has 164 valence electrons. The fraction of sp³-hybridized carbons (Fsp3) is 0.290. The Morgan fingerprint density at radius 1 is 0.879 bits per heavy atom. The lowest BCUT2D eigenvalue weighted by Crippen LogP contribution is -2.39. The van der Waals surface area contributed by atoms with Gasteiger partial charge < -0.3 is 9.80 Å². The Balaban J connectivity index is 1.46. The van der Waals surface area contributed by atoms with Crippen LogP contribution in [0.2, 0.25) is 0 Å². The molecule has 2 aromatic carbocycles. The Kier molecular flexibility index (Phi) is 4.15. The highest BCUT2D eigenvalue weighted by atomic mass is 15.2. The molecule has 0 aromatic heterocycles. The fourth-order valence-electron chi connectivity index (χ4n) is 6.77. The molecular formula is C31H30N2. The monoisotopic (exact) mass is 430 g/mol. The molecule has 0 bridgehead atoms. The molecule has 0 radical (unpaired) electrons. The number of rotatable bonds is 2. The second-order valence-corrected chi connectivity index (χ2v) is 10.2. The van der Waals surface area contributed by atoms with Crippen LogP contribution < -0.4 is 9.80 Å². The van der Waals surface area contributed by atoms with E-state index in [1.807, 2.05) is 0 Å². The third-order valence-corrected chi connectivity index (χ3v) is 8.35. The summed E-state index contributed by atoms with van der Waals surface area (Å²) >= 11 is 0. The fourth-order valence-corrected chi connectivity index (χ4v) is 6.77. The number of anilines is 3. The van der Waals surface area contributed by atoms with E-state index >= 15 is 0 Å². The number of allylic oxidation sites excluding steroid dienone is 6. The quantitative estimate of drug-likeness (QED) is 0.457. The molecule has 0 saturated carbocycles. The van der Waals surface area contributed by atoms with Gasteiger partial charge in [-0.3, -0.25) is 0 Å². The molecule has 4 unspecified atom stereocenters. The van der Waals surface area contributed by atoms with Crippen molar-refractivity contribution in [2.75, 3.05) is 9.80 Å². The first-order valence-electron chi connectivity index (χ1n) is 12.5. The maximum atomic E-state index is 2.67. The first-order valence-corrected chi connectivity index (χ1v) is 12.5. The minimum Gasteiger partial charge on any atom is -0.337 e. The van der Waals surface area contributed by atoms with E-state index in [2.05, 4.69) is 114 Å². The van der Waals surface area contributed by atoms with Crippen molar-refractivity contribution in [3.8, 4) is 0 Å². The number of para-hydroxylation sites is 1. The van der Waals surface area contributed by atoms with Crippen molar-refractivity contribution < 1.29 is 0 Å². The lowest BCUT2D eigenvalue weighted by Gasteiger charge is -2.35. The van der Waals surface area contributed by atoms with E-state index in [0.717, 1.165) is 12.8 Å². The summed E-state index contributed by atoms with van der Waals surface area (Å²) in [6.07, 6.45) is 25.9. The van der Waals surface area contributed by atoms with E-state index in [1.165, 1.54) is 46.7 Å². The van der Waals surface area contributed by atoms with Gasteiger partial charge in [-0.15, -0.1) is 0 Å². The zero-order chi connectivity index (χ0) is 22.0. The third kappa shape index (κ3) is 2.67. The topological polar surface area (TPSA) is 6.48 Å². The summed E-state index contributed by atoms with van der Waals surface area (Å²) in [5.74, 6) is 0.478. The van der Waals surface area contributed by atoms with Gasteiger partial charge in [0.1, 0.15) is 0 Å². The molecule has 0 saturated heterocycles. The van der Waals surface area contributed by atoms with Gasteiger partial charge in [0.05, 0.1) is 6.04 Å². The van der Waals surface area contributed by atoms with Gasteiger partial charge >= 0.3 is 0 Å². The summed E-state index contributed by atoms with van der Waals surface area (Å²) in [5, 5.41) is 0. The number of hydrogen-bond acceptors (Lipinski definition) is 2. The maximum absolute atomic E-state index is 2.67. The highest BCUT2D eigenvalue weighted by Gasteiger charge is 2.49. The Hall–Kier alpha value is -3.26. The minimum absolute atomic E-state index is 0.0275. The van der Waals surface area contributed by atoms with Gasteiger partial charge in [0.2, 0.25) is 0 Å². The van der Waals surface area contributed by atoms with Gasteiger partial charge in [-0.25, -0.2) is 0 Å². The average Bonchev–Trinajstić information content (AvgIpc) is 3.33.